The van der Waals surface area contributed by atoms with E-state index in [2.05, 4.69) is 21.9 Å². The number of amides is 4. The normalized spacial score (nSPS) is 27.0. The highest BCUT2D eigenvalue weighted by atomic mass is 32.2. The molecular weight excluding hydrogens is 498 g/mol. The number of hydrogen-bond donors (Lipinski definition) is 2. The molecular formula is C29H41N5O3S. The SMILES string of the molecule is Cc1cc(N2C(=O)NC(C)(C)C2=O)cc(C)c1CCSN1CCC2(CC1)N=C(C1CCC(C)CC1)NC2=O. The lowest BCUT2D eigenvalue weighted by molar-refractivity contribution is -0.125. The van der Waals surface area contributed by atoms with Crippen molar-refractivity contribution in [3.8, 4) is 0 Å². The van der Waals surface area contributed by atoms with Crippen molar-refractivity contribution in [2.24, 2.45) is 16.8 Å². The first-order valence-electron chi connectivity index (χ1n) is 14.0. The van der Waals surface area contributed by atoms with Gasteiger partial charge in [0.05, 0.1) is 5.69 Å². The molecule has 3 heterocycles. The van der Waals surface area contributed by atoms with E-state index in [9.17, 15) is 14.4 Å². The molecule has 4 amide bonds. The molecule has 8 nitrogen and oxygen atoms in total. The first kappa shape index (κ1) is 27.2. The van der Waals surface area contributed by atoms with E-state index < -0.39 is 11.1 Å². The molecule has 0 atom stereocenters. The molecule has 38 heavy (non-hydrogen) atoms. The Bertz CT molecular complexity index is 1140. The van der Waals surface area contributed by atoms with Crippen molar-refractivity contribution < 1.29 is 14.4 Å². The molecule has 1 spiro atoms. The summed E-state index contributed by atoms with van der Waals surface area (Å²) in [4.78, 5) is 44.4. The van der Waals surface area contributed by atoms with Crippen LogP contribution in [0.3, 0.4) is 0 Å². The van der Waals surface area contributed by atoms with Gasteiger partial charge in [-0.25, -0.2) is 9.69 Å². The fourth-order valence-electron chi connectivity index (χ4n) is 6.35. The van der Waals surface area contributed by atoms with Crippen molar-refractivity contribution in [2.45, 2.75) is 90.6 Å². The minimum atomic E-state index is -0.887. The Morgan fingerprint density at radius 1 is 1.03 bits per heavy atom. The van der Waals surface area contributed by atoms with E-state index in [1.165, 1.54) is 23.3 Å². The zero-order chi connectivity index (χ0) is 27.2. The number of aliphatic imine (C=N–C) groups is 1. The number of anilines is 1. The summed E-state index contributed by atoms with van der Waals surface area (Å²) < 4.78 is 2.38. The van der Waals surface area contributed by atoms with Gasteiger partial charge in [-0.3, -0.25) is 18.9 Å². The average Bonchev–Trinajstić information content (AvgIpc) is 3.28. The van der Waals surface area contributed by atoms with Crippen molar-refractivity contribution in [1.82, 2.24) is 14.9 Å². The Balaban J connectivity index is 1.15. The molecule has 4 aliphatic rings. The fourth-order valence-corrected chi connectivity index (χ4v) is 7.34. The summed E-state index contributed by atoms with van der Waals surface area (Å²) in [7, 11) is 0. The van der Waals surface area contributed by atoms with E-state index >= 15 is 0 Å². The summed E-state index contributed by atoms with van der Waals surface area (Å²) >= 11 is 1.84. The molecule has 2 N–H and O–H groups in total. The second-order valence-corrected chi connectivity index (χ2v) is 13.4. The Morgan fingerprint density at radius 2 is 1.66 bits per heavy atom. The van der Waals surface area contributed by atoms with Crippen molar-refractivity contribution in [3.63, 3.8) is 0 Å². The zero-order valence-corrected chi connectivity index (χ0v) is 24.2. The van der Waals surface area contributed by atoms with Crippen LogP contribution in [0, 0.1) is 25.7 Å². The van der Waals surface area contributed by atoms with Crippen LogP contribution in [-0.4, -0.2) is 57.9 Å². The van der Waals surface area contributed by atoms with Crippen LogP contribution in [-0.2, 0) is 16.0 Å². The van der Waals surface area contributed by atoms with Gasteiger partial charge in [-0.1, -0.05) is 31.7 Å². The van der Waals surface area contributed by atoms with Gasteiger partial charge in [-0.05, 0) is 94.5 Å². The Kier molecular flexibility index (Phi) is 7.37. The molecule has 206 valence electrons. The molecule has 0 radical (unpaired) electrons. The Hall–Kier alpha value is -2.39. The molecule has 2 saturated heterocycles. The lowest BCUT2D eigenvalue weighted by atomic mass is 9.82. The number of rotatable bonds is 6. The molecule has 1 aromatic rings. The maximum atomic E-state index is 12.9. The number of imide groups is 1. The minimum absolute atomic E-state index is 0.107. The molecule has 0 aromatic heterocycles. The third-order valence-electron chi connectivity index (χ3n) is 8.88. The van der Waals surface area contributed by atoms with Gasteiger partial charge < -0.3 is 10.6 Å². The van der Waals surface area contributed by atoms with Crippen molar-refractivity contribution in [2.75, 3.05) is 23.7 Å². The minimum Gasteiger partial charge on any atom is -0.323 e. The van der Waals surface area contributed by atoms with Crippen LogP contribution in [0.2, 0.25) is 0 Å². The maximum absolute atomic E-state index is 12.9. The molecule has 3 aliphatic heterocycles. The summed E-state index contributed by atoms with van der Waals surface area (Å²) in [5.74, 6) is 2.97. The van der Waals surface area contributed by atoms with Crippen molar-refractivity contribution in [3.05, 3.63) is 28.8 Å². The third kappa shape index (κ3) is 5.11. The predicted octanol–water partition coefficient (Wildman–Crippen LogP) is 4.52. The predicted molar refractivity (Wildman–Crippen MR) is 152 cm³/mol. The average molecular weight is 540 g/mol. The maximum Gasteiger partial charge on any atom is 0.329 e. The number of benzene rings is 1. The van der Waals surface area contributed by atoms with E-state index in [1.807, 2.05) is 37.9 Å². The second kappa shape index (κ2) is 10.3. The number of hydrogen-bond acceptors (Lipinski definition) is 6. The van der Waals surface area contributed by atoms with Crippen LogP contribution in [0.15, 0.2) is 17.1 Å². The van der Waals surface area contributed by atoms with E-state index in [-0.39, 0.29) is 17.8 Å². The quantitative estimate of drug-likeness (QED) is 0.410. The summed E-state index contributed by atoms with van der Waals surface area (Å²) in [6, 6.07) is 3.51. The van der Waals surface area contributed by atoms with E-state index in [1.54, 1.807) is 13.8 Å². The van der Waals surface area contributed by atoms with Crippen LogP contribution in [0.4, 0.5) is 10.5 Å². The molecule has 1 aromatic carbocycles. The van der Waals surface area contributed by atoms with Gasteiger partial charge in [-0.2, -0.15) is 0 Å². The molecule has 9 heteroatoms. The summed E-state index contributed by atoms with van der Waals surface area (Å²) in [5.41, 5.74) is 2.61. The fraction of sp³-hybridized carbons (Fsp3) is 0.655. The van der Waals surface area contributed by atoms with Crippen LogP contribution in [0.25, 0.3) is 0 Å². The van der Waals surface area contributed by atoms with Crippen molar-refractivity contribution >= 4 is 41.3 Å². The number of nitrogens with one attached hydrogen (secondary N) is 2. The van der Waals surface area contributed by atoms with E-state index in [4.69, 9.17) is 4.99 Å². The van der Waals surface area contributed by atoms with E-state index in [0.29, 0.717) is 11.6 Å². The Labute approximate surface area is 230 Å². The Morgan fingerprint density at radius 3 is 2.24 bits per heavy atom. The number of carbonyl (C=O) groups excluding carboxylic acids is 3. The number of nitrogens with zero attached hydrogens (tertiary/aromatic N) is 3. The highest BCUT2D eigenvalue weighted by Gasteiger charge is 2.47. The van der Waals surface area contributed by atoms with Gasteiger partial charge in [0.2, 0.25) is 0 Å². The number of aryl methyl sites for hydroxylation is 2. The van der Waals surface area contributed by atoms with Crippen LogP contribution in [0.5, 0.6) is 0 Å². The largest absolute Gasteiger partial charge is 0.329 e. The molecule has 1 aliphatic carbocycles. The highest BCUT2D eigenvalue weighted by Crippen LogP contribution is 2.37. The number of urea groups is 1. The molecule has 0 bridgehead atoms. The topological polar surface area (TPSA) is 94.1 Å². The summed E-state index contributed by atoms with van der Waals surface area (Å²) in [5, 5.41) is 5.91. The summed E-state index contributed by atoms with van der Waals surface area (Å²) in [6.07, 6.45) is 7.17. The first-order chi connectivity index (χ1) is 18.0. The lowest BCUT2D eigenvalue weighted by Crippen LogP contribution is -2.47. The number of amidine groups is 1. The van der Waals surface area contributed by atoms with Gasteiger partial charge >= 0.3 is 6.03 Å². The van der Waals surface area contributed by atoms with Gasteiger partial charge in [0.15, 0.2) is 0 Å². The third-order valence-corrected chi connectivity index (χ3v) is 9.99. The lowest BCUT2D eigenvalue weighted by Gasteiger charge is -2.34. The number of carbonyl (C=O) groups is 3. The molecule has 3 fully saturated rings. The number of piperidine rings is 1. The van der Waals surface area contributed by atoms with Gasteiger partial charge in [0.25, 0.3) is 11.8 Å². The first-order valence-corrected chi connectivity index (χ1v) is 15.0. The molecule has 1 saturated carbocycles. The smallest absolute Gasteiger partial charge is 0.323 e. The van der Waals surface area contributed by atoms with Gasteiger partial charge in [-0.15, -0.1) is 0 Å². The van der Waals surface area contributed by atoms with Gasteiger partial charge in [0.1, 0.15) is 16.9 Å². The highest BCUT2D eigenvalue weighted by molar-refractivity contribution is 7.97. The van der Waals surface area contributed by atoms with Gasteiger partial charge in [0, 0.05) is 24.8 Å². The monoisotopic (exact) mass is 539 g/mol. The van der Waals surface area contributed by atoms with Crippen LogP contribution < -0.4 is 15.5 Å². The van der Waals surface area contributed by atoms with Crippen molar-refractivity contribution in [1.29, 1.82) is 0 Å². The van der Waals surface area contributed by atoms with Crippen LogP contribution >= 0.6 is 11.9 Å². The standard InChI is InChI=1S/C29H41N5O3S/c1-18-6-8-21(9-7-18)24-30-25(35)29(31-24)11-13-33(14-12-29)38-15-10-23-19(2)16-22(17-20(23)3)34-26(36)28(4,5)32-27(34)37/h16-18,21H,6-15H2,1-5H3,(H,32,37)(H,30,31,35). The molecule has 5 rings (SSSR count). The zero-order valence-electron chi connectivity index (χ0n) is 23.4. The summed E-state index contributed by atoms with van der Waals surface area (Å²) in [6.45, 7) is 11.6. The van der Waals surface area contributed by atoms with Crippen LogP contribution in [0.1, 0.15) is 76.0 Å². The van der Waals surface area contributed by atoms with E-state index in [0.717, 1.165) is 73.8 Å². The second-order valence-electron chi connectivity index (χ2n) is 12.2. The molecule has 0 unspecified atom stereocenters.